The molecular formula is C27H30N4O3S2. The summed E-state index contributed by atoms with van der Waals surface area (Å²) >= 11 is 0. The van der Waals surface area contributed by atoms with Gasteiger partial charge in [0.1, 0.15) is 9.73 Å². The van der Waals surface area contributed by atoms with Gasteiger partial charge < -0.3 is 0 Å². The molecule has 0 bridgehead atoms. The van der Waals surface area contributed by atoms with Gasteiger partial charge in [-0.05, 0) is 56.5 Å². The quantitative estimate of drug-likeness (QED) is 0.287. The molecule has 188 valence electrons. The van der Waals surface area contributed by atoms with E-state index in [0.717, 1.165) is 29.5 Å². The van der Waals surface area contributed by atoms with E-state index in [1.165, 1.54) is 12.1 Å². The van der Waals surface area contributed by atoms with E-state index in [2.05, 4.69) is 21.0 Å². The maximum atomic E-state index is 14.7. The third-order valence-corrected chi connectivity index (χ3v) is 10.1. The van der Waals surface area contributed by atoms with Crippen molar-refractivity contribution in [2.24, 2.45) is 3.77 Å². The smallest absolute Gasteiger partial charge is 0.244 e. The fourth-order valence-electron chi connectivity index (χ4n) is 3.80. The Labute approximate surface area is 213 Å². The van der Waals surface area contributed by atoms with Crippen molar-refractivity contribution in [3.8, 4) is 0 Å². The molecule has 0 saturated heterocycles. The van der Waals surface area contributed by atoms with Gasteiger partial charge in [0.15, 0.2) is 5.03 Å². The first-order chi connectivity index (χ1) is 17.2. The lowest BCUT2D eigenvalue weighted by atomic mass is 10.2. The van der Waals surface area contributed by atoms with Crippen molar-refractivity contribution >= 4 is 19.8 Å². The van der Waals surface area contributed by atoms with E-state index < -0.39 is 19.8 Å². The topological polar surface area (TPSA) is 94.3 Å². The first kappa shape index (κ1) is 25.8. The van der Waals surface area contributed by atoms with Crippen LogP contribution in [0.25, 0.3) is 0 Å². The summed E-state index contributed by atoms with van der Waals surface area (Å²) in [6.07, 6.45) is 2.26. The molecule has 1 heterocycles. The van der Waals surface area contributed by atoms with Crippen molar-refractivity contribution in [2.45, 2.75) is 61.4 Å². The second kappa shape index (κ2) is 10.8. The van der Waals surface area contributed by atoms with E-state index in [4.69, 9.17) is 0 Å². The summed E-state index contributed by atoms with van der Waals surface area (Å²) in [7, 11) is -7.92. The van der Waals surface area contributed by atoms with Crippen LogP contribution in [-0.2, 0) is 32.7 Å². The zero-order valence-electron chi connectivity index (χ0n) is 20.7. The highest BCUT2D eigenvalue weighted by Crippen LogP contribution is 2.29. The van der Waals surface area contributed by atoms with Crippen molar-refractivity contribution in [1.29, 1.82) is 0 Å². The van der Waals surface area contributed by atoms with Crippen LogP contribution in [0.15, 0.2) is 97.4 Å². The normalized spacial score (nSPS) is 13.3. The van der Waals surface area contributed by atoms with Gasteiger partial charge in [0.05, 0.1) is 22.0 Å². The van der Waals surface area contributed by atoms with Crippen LogP contribution in [0.5, 0.6) is 0 Å². The van der Waals surface area contributed by atoms with Crippen LogP contribution in [0.4, 0.5) is 0 Å². The minimum Gasteiger partial charge on any atom is -0.244 e. The number of hydrogen-bond acceptors (Lipinski definition) is 5. The Hall–Kier alpha value is -3.30. The van der Waals surface area contributed by atoms with Crippen LogP contribution in [-0.4, -0.2) is 27.6 Å². The van der Waals surface area contributed by atoms with E-state index in [1.54, 1.807) is 41.1 Å². The maximum absolute atomic E-state index is 14.7. The molecule has 4 aromatic rings. The number of aromatic nitrogens is 3. The number of rotatable bonds is 9. The van der Waals surface area contributed by atoms with Gasteiger partial charge in [0.25, 0.3) is 10.0 Å². The Kier molecular flexibility index (Phi) is 7.70. The molecule has 0 aliphatic heterocycles. The van der Waals surface area contributed by atoms with Crippen molar-refractivity contribution in [3.63, 3.8) is 0 Å². The molecule has 4 rings (SSSR count). The Morgan fingerprint density at radius 3 is 1.97 bits per heavy atom. The maximum Gasteiger partial charge on any atom is 0.290 e. The molecule has 1 aromatic heterocycles. The molecule has 36 heavy (non-hydrogen) atoms. The number of aryl methyl sites for hydroxylation is 2. The molecule has 7 nitrogen and oxygen atoms in total. The lowest BCUT2D eigenvalue weighted by molar-refractivity contribution is 0.597. The molecule has 9 heteroatoms. The van der Waals surface area contributed by atoms with Gasteiger partial charge >= 0.3 is 0 Å². The van der Waals surface area contributed by atoms with Gasteiger partial charge in [-0.3, -0.25) is 0 Å². The minimum absolute atomic E-state index is 0.0141. The zero-order valence-corrected chi connectivity index (χ0v) is 22.3. The van der Waals surface area contributed by atoms with E-state index in [1.807, 2.05) is 44.2 Å². The first-order valence-electron chi connectivity index (χ1n) is 11.9. The molecular weight excluding hydrogens is 492 g/mol. The summed E-state index contributed by atoms with van der Waals surface area (Å²) in [5.74, 6) is 0. The Balaban J connectivity index is 1.94. The third kappa shape index (κ3) is 5.57. The van der Waals surface area contributed by atoms with Crippen molar-refractivity contribution in [2.75, 3.05) is 0 Å². The van der Waals surface area contributed by atoms with E-state index in [0.29, 0.717) is 18.7 Å². The number of nitrogens with zero attached hydrogens (tertiary/aromatic N) is 4. The van der Waals surface area contributed by atoms with Crippen LogP contribution >= 0.6 is 0 Å². The highest BCUT2D eigenvalue weighted by Gasteiger charge is 2.29. The lowest BCUT2D eigenvalue weighted by Crippen LogP contribution is -2.12. The summed E-state index contributed by atoms with van der Waals surface area (Å²) in [6.45, 7) is 6.28. The van der Waals surface area contributed by atoms with Gasteiger partial charge in [-0.25, -0.2) is 8.89 Å². The Bertz CT molecular complexity index is 1550. The number of benzene rings is 3. The third-order valence-electron chi connectivity index (χ3n) is 5.87. The standard InChI is InChI=1S/C27H30N4O3S2/c1-4-5-11-26-27(28-29-31(26)20-23-9-7-6-8-10-23)35(32,24-16-12-21(2)13-17-24)30-36(33,34)25-18-14-22(3)15-19-25/h6-10,12-19H,4-5,11,20H2,1-3H3. The van der Waals surface area contributed by atoms with Gasteiger partial charge in [0.2, 0.25) is 0 Å². The Morgan fingerprint density at radius 1 is 0.806 bits per heavy atom. The van der Waals surface area contributed by atoms with E-state index in [-0.39, 0.29) is 14.8 Å². The predicted molar refractivity (Wildman–Crippen MR) is 141 cm³/mol. The molecule has 1 atom stereocenters. The number of sulfonamides is 1. The summed E-state index contributed by atoms with van der Waals surface area (Å²) in [4.78, 5) is 0.271. The second-order valence-electron chi connectivity index (χ2n) is 8.79. The molecule has 0 fully saturated rings. The highest BCUT2D eigenvalue weighted by atomic mass is 32.3. The van der Waals surface area contributed by atoms with Gasteiger partial charge in [-0.2, -0.15) is 8.42 Å². The van der Waals surface area contributed by atoms with Crippen LogP contribution in [0.1, 0.15) is 42.1 Å². The largest absolute Gasteiger partial charge is 0.290 e. The minimum atomic E-state index is -4.26. The van der Waals surface area contributed by atoms with Crippen LogP contribution in [0.2, 0.25) is 0 Å². The predicted octanol–water partition coefficient (Wildman–Crippen LogP) is 5.56. The zero-order chi connectivity index (χ0) is 25.8. The van der Waals surface area contributed by atoms with Crippen LogP contribution < -0.4 is 0 Å². The molecule has 3 aromatic carbocycles. The number of hydrogen-bond donors (Lipinski definition) is 0. The van der Waals surface area contributed by atoms with E-state index in [9.17, 15) is 12.6 Å². The molecule has 0 aliphatic carbocycles. The second-order valence-corrected chi connectivity index (χ2v) is 12.7. The number of unbranched alkanes of at least 4 members (excludes halogenated alkanes) is 1. The molecule has 0 N–H and O–H groups in total. The molecule has 0 aliphatic rings. The average molecular weight is 523 g/mol. The summed E-state index contributed by atoms with van der Waals surface area (Å²) in [5.41, 5.74) is 3.52. The van der Waals surface area contributed by atoms with Crippen LogP contribution in [0.3, 0.4) is 0 Å². The van der Waals surface area contributed by atoms with Crippen molar-refractivity contribution in [3.05, 3.63) is 101 Å². The summed E-state index contributed by atoms with van der Waals surface area (Å²) in [6, 6.07) is 23.0. The summed E-state index contributed by atoms with van der Waals surface area (Å²) < 4.78 is 47.3. The SMILES string of the molecule is CCCCc1c(S(=O)(=NS(=O)(=O)c2ccc(C)cc2)c2ccc(C)cc2)nnn1Cc1ccccc1. The molecule has 0 spiro atoms. The van der Waals surface area contributed by atoms with Gasteiger partial charge in [-0.15, -0.1) is 5.10 Å². The first-order valence-corrected chi connectivity index (χ1v) is 14.8. The molecule has 0 amide bonds. The Morgan fingerprint density at radius 2 is 1.39 bits per heavy atom. The highest BCUT2D eigenvalue weighted by molar-refractivity contribution is 8.03. The summed E-state index contributed by atoms with van der Waals surface area (Å²) in [5, 5.41) is 8.73. The average Bonchev–Trinajstić information content (AvgIpc) is 3.26. The molecule has 1 unspecified atom stereocenters. The van der Waals surface area contributed by atoms with Gasteiger partial charge in [-0.1, -0.05) is 88.1 Å². The van der Waals surface area contributed by atoms with E-state index >= 15 is 0 Å². The fraction of sp³-hybridized carbons (Fsp3) is 0.259. The lowest BCUT2D eigenvalue weighted by Gasteiger charge is -2.12. The monoisotopic (exact) mass is 522 g/mol. The van der Waals surface area contributed by atoms with Gasteiger partial charge in [0, 0.05) is 0 Å². The van der Waals surface area contributed by atoms with Crippen molar-refractivity contribution < 1.29 is 12.6 Å². The molecule has 0 radical (unpaired) electrons. The molecule has 0 saturated carbocycles. The van der Waals surface area contributed by atoms with Crippen molar-refractivity contribution in [1.82, 2.24) is 15.0 Å². The fourth-order valence-corrected chi connectivity index (χ4v) is 7.76. The van der Waals surface area contributed by atoms with Crippen LogP contribution in [0, 0.1) is 13.8 Å².